The van der Waals surface area contributed by atoms with E-state index in [9.17, 15) is 4.79 Å². The molecule has 1 aliphatic heterocycles. The molecular formula is C13H10ClN3O3. The summed E-state index contributed by atoms with van der Waals surface area (Å²) < 4.78 is 11.1. The summed E-state index contributed by atoms with van der Waals surface area (Å²) in [7, 11) is 0. The molecule has 102 valence electrons. The van der Waals surface area contributed by atoms with Gasteiger partial charge in [0, 0.05) is 6.20 Å². The first-order valence-corrected chi connectivity index (χ1v) is 6.28. The van der Waals surface area contributed by atoms with E-state index in [1.807, 2.05) is 12.1 Å². The fourth-order valence-corrected chi connectivity index (χ4v) is 1.91. The lowest BCUT2D eigenvalue weighted by Gasteiger charge is -2.25. The van der Waals surface area contributed by atoms with Crippen LogP contribution in [0.5, 0.6) is 11.5 Å². The molecule has 1 aromatic heterocycles. The lowest BCUT2D eigenvalue weighted by atomic mass is 10.2. The number of nitrogens with zero attached hydrogens (tertiary/aromatic N) is 2. The van der Waals surface area contributed by atoms with Crippen LogP contribution in [-0.2, 0) is 4.79 Å². The minimum Gasteiger partial charge on any atom is -0.485 e. The Morgan fingerprint density at radius 3 is 2.90 bits per heavy atom. The summed E-state index contributed by atoms with van der Waals surface area (Å²) in [5.74, 6) is 1.13. The van der Waals surface area contributed by atoms with E-state index in [2.05, 4.69) is 15.3 Å². The summed E-state index contributed by atoms with van der Waals surface area (Å²) in [6.07, 6.45) is 0.719. The van der Waals surface area contributed by atoms with Gasteiger partial charge in [-0.2, -0.15) is 0 Å². The van der Waals surface area contributed by atoms with E-state index in [1.165, 1.54) is 6.20 Å². The molecule has 2 aromatic rings. The monoisotopic (exact) mass is 291 g/mol. The van der Waals surface area contributed by atoms with Gasteiger partial charge in [-0.3, -0.25) is 4.79 Å². The largest absolute Gasteiger partial charge is 0.485 e. The lowest BCUT2D eigenvalue weighted by molar-refractivity contribution is -0.125. The van der Waals surface area contributed by atoms with E-state index in [4.69, 9.17) is 21.1 Å². The van der Waals surface area contributed by atoms with Crippen LogP contribution in [0.15, 0.2) is 36.5 Å². The number of fused-ring (bicyclic) bond motifs is 1. The van der Waals surface area contributed by atoms with Crippen LogP contribution in [0.2, 0.25) is 5.28 Å². The summed E-state index contributed by atoms with van der Waals surface area (Å²) in [4.78, 5) is 19.7. The Morgan fingerprint density at radius 2 is 2.10 bits per heavy atom. The van der Waals surface area contributed by atoms with Crippen molar-refractivity contribution in [1.29, 1.82) is 0 Å². The van der Waals surface area contributed by atoms with Crippen LogP contribution in [0.25, 0.3) is 0 Å². The highest BCUT2D eigenvalue weighted by molar-refractivity contribution is 6.28. The van der Waals surface area contributed by atoms with Crippen LogP contribution in [0, 0.1) is 0 Å². The molecule has 1 N–H and O–H groups in total. The Balaban J connectivity index is 1.70. The summed E-state index contributed by atoms with van der Waals surface area (Å²) in [5.41, 5.74) is 0. The number of benzene rings is 1. The Kier molecular flexibility index (Phi) is 3.39. The highest BCUT2D eigenvalue weighted by Crippen LogP contribution is 2.31. The van der Waals surface area contributed by atoms with Gasteiger partial charge in [-0.1, -0.05) is 12.1 Å². The van der Waals surface area contributed by atoms with Crippen LogP contribution in [-0.4, -0.2) is 28.6 Å². The minimum atomic E-state index is -0.737. The molecule has 0 radical (unpaired) electrons. The number of nitrogens with one attached hydrogen (secondary N) is 1. The van der Waals surface area contributed by atoms with Gasteiger partial charge in [0.2, 0.25) is 11.4 Å². The number of carbonyl (C=O) groups is 1. The number of hydrogen-bond donors (Lipinski definition) is 1. The molecule has 2 heterocycles. The normalized spacial score (nSPS) is 16.6. The number of rotatable bonds is 2. The Bertz CT molecular complexity index is 650. The average molecular weight is 292 g/mol. The highest BCUT2D eigenvalue weighted by Gasteiger charge is 2.27. The van der Waals surface area contributed by atoms with Gasteiger partial charge in [0.1, 0.15) is 12.4 Å². The van der Waals surface area contributed by atoms with Gasteiger partial charge in [-0.15, -0.1) is 0 Å². The van der Waals surface area contributed by atoms with Crippen molar-refractivity contribution in [2.24, 2.45) is 0 Å². The van der Waals surface area contributed by atoms with Crippen molar-refractivity contribution in [3.63, 3.8) is 0 Å². The molecule has 20 heavy (non-hydrogen) atoms. The number of halogens is 1. The van der Waals surface area contributed by atoms with E-state index >= 15 is 0 Å². The number of aromatic nitrogens is 2. The summed E-state index contributed by atoms with van der Waals surface area (Å²) >= 11 is 5.65. The van der Waals surface area contributed by atoms with Gasteiger partial charge in [-0.05, 0) is 29.8 Å². The number of ether oxygens (including phenoxy) is 2. The minimum absolute atomic E-state index is 0.0639. The topological polar surface area (TPSA) is 73.3 Å². The third-order valence-corrected chi connectivity index (χ3v) is 2.86. The van der Waals surface area contributed by atoms with Crippen molar-refractivity contribution in [2.45, 2.75) is 6.10 Å². The molecular weight excluding hydrogens is 282 g/mol. The maximum atomic E-state index is 12.1. The fraction of sp³-hybridized carbons (Fsp3) is 0.154. The zero-order valence-electron chi connectivity index (χ0n) is 10.2. The summed E-state index contributed by atoms with van der Waals surface area (Å²) in [6, 6.07) is 8.73. The highest BCUT2D eigenvalue weighted by atomic mass is 35.5. The quantitative estimate of drug-likeness (QED) is 0.856. The van der Waals surface area contributed by atoms with Crippen molar-refractivity contribution < 1.29 is 14.3 Å². The van der Waals surface area contributed by atoms with Crippen molar-refractivity contribution in [3.05, 3.63) is 41.8 Å². The van der Waals surface area contributed by atoms with E-state index < -0.39 is 6.10 Å². The first-order valence-electron chi connectivity index (χ1n) is 5.90. The van der Waals surface area contributed by atoms with Gasteiger partial charge in [-0.25, -0.2) is 9.97 Å². The molecule has 6 nitrogen and oxygen atoms in total. The van der Waals surface area contributed by atoms with Crippen LogP contribution >= 0.6 is 11.6 Å². The summed E-state index contributed by atoms with van der Waals surface area (Å²) in [6.45, 7) is 0.141. The van der Waals surface area contributed by atoms with Gasteiger partial charge in [0.25, 0.3) is 5.91 Å². The van der Waals surface area contributed by atoms with Crippen LogP contribution < -0.4 is 14.8 Å². The molecule has 1 unspecified atom stereocenters. The third-order valence-electron chi connectivity index (χ3n) is 2.68. The van der Waals surface area contributed by atoms with Crippen molar-refractivity contribution in [2.75, 3.05) is 11.9 Å². The number of amides is 1. The fourth-order valence-electron chi connectivity index (χ4n) is 1.76. The molecule has 1 aliphatic rings. The Hall–Kier alpha value is -2.34. The van der Waals surface area contributed by atoms with Crippen LogP contribution in [0.3, 0.4) is 0 Å². The van der Waals surface area contributed by atoms with Crippen molar-refractivity contribution in [3.8, 4) is 11.5 Å². The molecule has 0 saturated carbocycles. The maximum absolute atomic E-state index is 12.1. The smallest absolute Gasteiger partial charge is 0.270 e. The molecule has 1 aromatic carbocycles. The molecule has 0 bridgehead atoms. The molecule has 1 atom stereocenters. The molecule has 7 heteroatoms. The zero-order chi connectivity index (χ0) is 13.9. The van der Waals surface area contributed by atoms with Gasteiger partial charge in [0.05, 0.1) is 0 Å². The van der Waals surface area contributed by atoms with Crippen LogP contribution in [0.4, 0.5) is 5.82 Å². The third kappa shape index (κ3) is 2.65. The van der Waals surface area contributed by atoms with Crippen molar-refractivity contribution >= 4 is 23.3 Å². The molecule has 3 rings (SSSR count). The molecule has 0 fully saturated rings. The Labute approximate surface area is 119 Å². The predicted molar refractivity (Wildman–Crippen MR) is 72.0 cm³/mol. The predicted octanol–water partition coefficient (Wildman–Crippen LogP) is 1.91. The molecule has 1 amide bonds. The molecule has 0 saturated heterocycles. The second-order valence-corrected chi connectivity index (χ2v) is 4.40. The second-order valence-electron chi connectivity index (χ2n) is 4.06. The first-order chi connectivity index (χ1) is 9.72. The van der Waals surface area contributed by atoms with Gasteiger partial charge >= 0.3 is 0 Å². The van der Waals surface area contributed by atoms with Gasteiger partial charge in [0.15, 0.2) is 11.5 Å². The number of hydrogen-bond acceptors (Lipinski definition) is 5. The van der Waals surface area contributed by atoms with E-state index in [0.717, 1.165) is 0 Å². The number of para-hydroxylation sites is 2. The molecule has 0 aliphatic carbocycles. The van der Waals surface area contributed by atoms with E-state index in [0.29, 0.717) is 17.3 Å². The average Bonchev–Trinajstić information content (AvgIpc) is 2.47. The standard InChI is InChI=1S/C13H10ClN3O3/c14-13-15-6-5-11(17-13)16-12(18)10-7-19-8-3-1-2-4-9(8)20-10/h1-6,10H,7H2,(H,15,16,17,18). The zero-order valence-corrected chi connectivity index (χ0v) is 11.0. The second kappa shape index (κ2) is 5.34. The number of anilines is 1. The molecule has 0 spiro atoms. The maximum Gasteiger partial charge on any atom is 0.270 e. The summed E-state index contributed by atoms with van der Waals surface area (Å²) in [5, 5.41) is 2.67. The van der Waals surface area contributed by atoms with E-state index in [-0.39, 0.29) is 17.8 Å². The van der Waals surface area contributed by atoms with E-state index in [1.54, 1.807) is 18.2 Å². The lowest BCUT2D eigenvalue weighted by Crippen LogP contribution is -2.40. The number of carbonyl (C=O) groups excluding carboxylic acids is 1. The van der Waals surface area contributed by atoms with Crippen molar-refractivity contribution in [1.82, 2.24) is 9.97 Å². The SMILES string of the molecule is O=C(Nc1ccnc(Cl)n1)C1COc2ccccc2O1. The van der Waals surface area contributed by atoms with Gasteiger partial charge < -0.3 is 14.8 Å². The Morgan fingerprint density at radius 1 is 1.30 bits per heavy atom. The van der Waals surface area contributed by atoms with Crippen LogP contribution in [0.1, 0.15) is 0 Å². The first kappa shape index (κ1) is 12.7.